The molecule has 152 valence electrons. The number of aryl methyl sites for hydroxylation is 1. The first-order chi connectivity index (χ1) is 14.1. The van der Waals surface area contributed by atoms with E-state index in [4.69, 9.17) is 4.98 Å². The molecule has 1 N–H and O–H groups in total. The van der Waals surface area contributed by atoms with Gasteiger partial charge in [0.2, 0.25) is 5.91 Å². The average molecular weight is 393 g/mol. The summed E-state index contributed by atoms with van der Waals surface area (Å²) < 4.78 is 2.00. The van der Waals surface area contributed by atoms with E-state index < -0.39 is 0 Å². The minimum atomic E-state index is -0.136. The number of rotatable bonds is 9. The van der Waals surface area contributed by atoms with Crippen LogP contribution in [0.2, 0.25) is 0 Å². The molecular weight excluding hydrogens is 366 g/mol. The Hall–Kier alpha value is -3.22. The standard InChI is InChI=1S/C22H27N5O2/c1-3-26(4-2)21(28)16-27-19-11-6-5-10-18(19)25-20(27)12-8-14-24-22(29)17-9-7-13-23-15-17/h5-7,9-11,13,15H,3-4,8,12,14,16H2,1-2H3,(H,24,29). The van der Waals surface area contributed by atoms with Gasteiger partial charge in [-0.1, -0.05) is 12.1 Å². The van der Waals surface area contributed by atoms with Gasteiger partial charge in [0.25, 0.3) is 5.91 Å². The van der Waals surface area contributed by atoms with Crippen molar-refractivity contribution in [1.29, 1.82) is 0 Å². The van der Waals surface area contributed by atoms with Crippen LogP contribution in [0.3, 0.4) is 0 Å². The predicted molar refractivity (Wildman–Crippen MR) is 113 cm³/mol. The highest BCUT2D eigenvalue weighted by Gasteiger charge is 2.16. The zero-order chi connectivity index (χ0) is 20.6. The molecule has 0 atom stereocenters. The molecule has 2 heterocycles. The van der Waals surface area contributed by atoms with E-state index in [1.807, 2.05) is 47.6 Å². The highest BCUT2D eigenvalue weighted by Crippen LogP contribution is 2.17. The Morgan fingerprint density at radius 3 is 2.62 bits per heavy atom. The smallest absolute Gasteiger partial charge is 0.252 e. The fourth-order valence-corrected chi connectivity index (χ4v) is 3.35. The number of hydrogen-bond acceptors (Lipinski definition) is 4. The highest BCUT2D eigenvalue weighted by atomic mass is 16.2. The summed E-state index contributed by atoms with van der Waals surface area (Å²) in [7, 11) is 0. The number of likely N-dealkylation sites (N-methyl/N-ethyl adjacent to an activating group) is 1. The van der Waals surface area contributed by atoms with Gasteiger partial charge in [-0.15, -0.1) is 0 Å². The fourth-order valence-electron chi connectivity index (χ4n) is 3.35. The lowest BCUT2D eigenvalue weighted by Crippen LogP contribution is -2.33. The Bertz CT molecular complexity index is 964. The number of carbonyl (C=O) groups excluding carboxylic acids is 2. The van der Waals surface area contributed by atoms with Crippen molar-refractivity contribution < 1.29 is 9.59 Å². The molecule has 0 radical (unpaired) electrons. The monoisotopic (exact) mass is 393 g/mol. The molecule has 0 bridgehead atoms. The van der Waals surface area contributed by atoms with Crippen molar-refractivity contribution in [2.45, 2.75) is 33.2 Å². The Morgan fingerprint density at radius 2 is 1.90 bits per heavy atom. The van der Waals surface area contributed by atoms with Crippen molar-refractivity contribution in [2.24, 2.45) is 0 Å². The number of benzene rings is 1. The van der Waals surface area contributed by atoms with Gasteiger partial charge >= 0.3 is 0 Å². The molecule has 2 aromatic heterocycles. The van der Waals surface area contributed by atoms with Crippen molar-refractivity contribution in [3.63, 3.8) is 0 Å². The Morgan fingerprint density at radius 1 is 1.10 bits per heavy atom. The number of hydrogen-bond donors (Lipinski definition) is 1. The van der Waals surface area contributed by atoms with Crippen LogP contribution in [0.25, 0.3) is 11.0 Å². The van der Waals surface area contributed by atoms with Gasteiger partial charge in [-0.3, -0.25) is 14.6 Å². The van der Waals surface area contributed by atoms with Crippen molar-refractivity contribution in [3.8, 4) is 0 Å². The van der Waals surface area contributed by atoms with Gasteiger partial charge in [0.05, 0.1) is 16.6 Å². The maximum absolute atomic E-state index is 12.7. The minimum absolute atomic E-state index is 0.0873. The van der Waals surface area contributed by atoms with E-state index >= 15 is 0 Å². The molecule has 7 nitrogen and oxygen atoms in total. The summed E-state index contributed by atoms with van der Waals surface area (Å²) in [4.78, 5) is 35.3. The zero-order valence-electron chi connectivity index (χ0n) is 17.0. The second kappa shape index (κ2) is 9.82. The summed E-state index contributed by atoms with van der Waals surface area (Å²) in [5, 5.41) is 2.91. The molecule has 0 unspecified atom stereocenters. The van der Waals surface area contributed by atoms with Crippen LogP contribution in [0.15, 0.2) is 48.8 Å². The quantitative estimate of drug-likeness (QED) is 0.567. The number of aromatic nitrogens is 3. The predicted octanol–water partition coefficient (Wildman–Crippen LogP) is 2.66. The summed E-state index contributed by atoms with van der Waals surface area (Å²) in [6.07, 6.45) is 4.59. The van der Waals surface area contributed by atoms with Crippen LogP contribution >= 0.6 is 0 Å². The number of imidazole rings is 1. The Balaban J connectivity index is 1.67. The third kappa shape index (κ3) is 4.99. The van der Waals surface area contributed by atoms with E-state index in [1.165, 1.54) is 0 Å². The normalized spacial score (nSPS) is 10.8. The molecule has 0 aliphatic heterocycles. The molecule has 29 heavy (non-hydrogen) atoms. The molecule has 7 heteroatoms. The number of nitrogens with zero attached hydrogens (tertiary/aromatic N) is 4. The largest absolute Gasteiger partial charge is 0.352 e. The van der Waals surface area contributed by atoms with Gasteiger partial charge in [-0.25, -0.2) is 4.98 Å². The molecule has 0 fully saturated rings. The van der Waals surface area contributed by atoms with Crippen LogP contribution in [-0.2, 0) is 17.8 Å². The maximum Gasteiger partial charge on any atom is 0.252 e. The molecule has 0 saturated carbocycles. The van der Waals surface area contributed by atoms with E-state index in [0.717, 1.165) is 23.3 Å². The second-order valence-corrected chi connectivity index (χ2v) is 6.77. The van der Waals surface area contributed by atoms with Gasteiger partial charge in [-0.05, 0) is 44.5 Å². The number of carbonyl (C=O) groups is 2. The van der Waals surface area contributed by atoms with Gasteiger partial charge in [0.15, 0.2) is 0 Å². The van der Waals surface area contributed by atoms with Gasteiger partial charge < -0.3 is 14.8 Å². The van der Waals surface area contributed by atoms with Gasteiger partial charge in [0.1, 0.15) is 12.4 Å². The van der Waals surface area contributed by atoms with Gasteiger partial charge in [-0.2, -0.15) is 0 Å². The number of pyridine rings is 1. The zero-order valence-corrected chi connectivity index (χ0v) is 17.0. The molecule has 0 spiro atoms. The van der Waals surface area contributed by atoms with Crippen molar-refractivity contribution >= 4 is 22.8 Å². The molecular formula is C22H27N5O2. The van der Waals surface area contributed by atoms with Crippen molar-refractivity contribution in [1.82, 2.24) is 24.8 Å². The summed E-state index contributed by atoms with van der Waals surface area (Å²) in [5.74, 6) is 0.815. The van der Waals surface area contributed by atoms with Crippen LogP contribution in [0.5, 0.6) is 0 Å². The third-order valence-corrected chi connectivity index (χ3v) is 4.93. The first-order valence-corrected chi connectivity index (χ1v) is 10.0. The SMILES string of the molecule is CCN(CC)C(=O)Cn1c(CCCNC(=O)c2cccnc2)nc2ccccc21. The molecule has 0 saturated heterocycles. The summed E-state index contributed by atoms with van der Waals surface area (Å²) in [6.45, 7) is 6.16. The van der Waals surface area contributed by atoms with E-state index in [-0.39, 0.29) is 18.4 Å². The van der Waals surface area contributed by atoms with Crippen LogP contribution in [-0.4, -0.2) is 50.9 Å². The average Bonchev–Trinajstić information content (AvgIpc) is 3.10. The maximum atomic E-state index is 12.7. The molecule has 3 aromatic rings. The molecule has 0 aliphatic rings. The first-order valence-electron chi connectivity index (χ1n) is 10.0. The Kier molecular flexibility index (Phi) is 6.94. The molecule has 2 amide bonds. The van der Waals surface area contributed by atoms with E-state index in [9.17, 15) is 9.59 Å². The topological polar surface area (TPSA) is 80.1 Å². The highest BCUT2D eigenvalue weighted by molar-refractivity contribution is 5.93. The molecule has 3 rings (SSSR count). The number of fused-ring (bicyclic) bond motifs is 1. The minimum Gasteiger partial charge on any atom is -0.352 e. The van der Waals surface area contributed by atoms with Crippen molar-refractivity contribution in [2.75, 3.05) is 19.6 Å². The van der Waals surface area contributed by atoms with Crippen LogP contribution in [0, 0.1) is 0 Å². The lowest BCUT2D eigenvalue weighted by atomic mass is 10.2. The second-order valence-electron chi connectivity index (χ2n) is 6.77. The molecule has 0 aliphatic carbocycles. The number of para-hydroxylation sites is 2. The Labute approximate surface area is 170 Å². The number of amides is 2. The lowest BCUT2D eigenvalue weighted by Gasteiger charge is -2.20. The van der Waals surface area contributed by atoms with E-state index in [0.29, 0.717) is 31.6 Å². The van der Waals surface area contributed by atoms with Crippen LogP contribution in [0.4, 0.5) is 0 Å². The summed E-state index contributed by atoms with van der Waals surface area (Å²) >= 11 is 0. The third-order valence-electron chi connectivity index (χ3n) is 4.93. The lowest BCUT2D eigenvalue weighted by molar-refractivity contribution is -0.131. The summed E-state index contributed by atoms with van der Waals surface area (Å²) in [5.41, 5.74) is 2.39. The number of nitrogens with one attached hydrogen (secondary N) is 1. The van der Waals surface area contributed by atoms with Crippen LogP contribution < -0.4 is 5.32 Å². The summed E-state index contributed by atoms with van der Waals surface area (Å²) in [6, 6.07) is 11.3. The van der Waals surface area contributed by atoms with E-state index in [1.54, 1.807) is 24.5 Å². The van der Waals surface area contributed by atoms with E-state index in [2.05, 4.69) is 10.3 Å². The molecule has 1 aromatic carbocycles. The first kappa shape index (κ1) is 20.5. The van der Waals surface area contributed by atoms with Crippen LogP contribution in [0.1, 0.15) is 36.5 Å². The fraction of sp³-hybridized carbons (Fsp3) is 0.364. The van der Waals surface area contributed by atoms with Crippen molar-refractivity contribution in [3.05, 3.63) is 60.2 Å². The van der Waals surface area contributed by atoms with Gasteiger partial charge in [0, 0.05) is 38.4 Å².